The van der Waals surface area contributed by atoms with E-state index in [4.69, 9.17) is 9.47 Å². The number of anilines is 2. The fourth-order valence-electron chi connectivity index (χ4n) is 4.85. The van der Waals surface area contributed by atoms with E-state index in [1.807, 2.05) is 11.9 Å². The van der Waals surface area contributed by atoms with Crippen LogP contribution in [0.1, 0.15) is 36.6 Å². The van der Waals surface area contributed by atoms with Gasteiger partial charge in [0.25, 0.3) is 11.7 Å². The highest BCUT2D eigenvalue weighted by molar-refractivity contribution is 6.51. The smallest absolute Gasteiger partial charge is 0.310 e. The molecule has 3 aromatic rings. The van der Waals surface area contributed by atoms with Gasteiger partial charge in [-0.15, -0.1) is 0 Å². The van der Waals surface area contributed by atoms with Gasteiger partial charge in [-0.1, -0.05) is 18.2 Å². The van der Waals surface area contributed by atoms with E-state index in [-0.39, 0.29) is 29.8 Å². The van der Waals surface area contributed by atoms with Crippen molar-refractivity contribution in [3.05, 3.63) is 89.3 Å². The van der Waals surface area contributed by atoms with Crippen molar-refractivity contribution in [1.82, 2.24) is 4.98 Å². The molecule has 0 bridgehead atoms. The van der Waals surface area contributed by atoms with Gasteiger partial charge < -0.3 is 19.5 Å². The largest absolute Gasteiger partial charge is 0.507 e. The maximum atomic E-state index is 13.4. The van der Waals surface area contributed by atoms with Crippen LogP contribution in [0.3, 0.4) is 0 Å². The normalized spacial score (nSPS) is 18.2. The van der Waals surface area contributed by atoms with Crippen LogP contribution in [-0.4, -0.2) is 54.1 Å². The van der Waals surface area contributed by atoms with Gasteiger partial charge >= 0.3 is 5.97 Å². The second-order valence-corrected chi connectivity index (χ2v) is 9.79. The van der Waals surface area contributed by atoms with Crippen LogP contribution in [0.15, 0.2) is 72.6 Å². The highest BCUT2D eigenvalue weighted by atomic mass is 16.5. The minimum atomic E-state index is -0.902. The third-order valence-corrected chi connectivity index (χ3v) is 6.70. The lowest BCUT2D eigenvalue weighted by molar-refractivity contribution is -0.146. The molecule has 1 atom stereocenters. The van der Waals surface area contributed by atoms with E-state index in [1.165, 1.54) is 4.90 Å². The molecule has 1 N–H and O–H groups in total. The number of pyridine rings is 1. The quantitative estimate of drug-likeness (QED) is 0.222. The number of hydrogen-bond donors (Lipinski definition) is 1. The van der Waals surface area contributed by atoms with Gasteiger partial charge in [-0.05, 0) is 61.4 Å². The lowest BCUT2D eigenvalue weighted by Gasteiger charge is -2.28. The van der Waals surface area contributed by atoms with Gasteiger partial charge in [0.1, 0.15) is 18.1 Å². The van der Waals surface area contributed by atoms with E-state index in [0.29, 0.717) is 41.3 Å². The molecule has 1 aromatic heterocycles. The van der Waals surface area contributed by atoms with Crippen LogP contribution >= 0.6 is 0 Å². The van der Waals surface area contributed by atoms with Gasteiger partial charge in [-0.3, -0.25) is 24.3 Å². The van der Waals surface area contributed by atoms with E-state index in [9.17, 15) is 19.5 Å². The number of rotatable bonds is 6. The first-order valence-electron chi connectivity index (χ1n) is 12.7. The van der Waals surface area contributed by atoms with Crippen LogP contribution in [0.25, 0.3) is 5.76 Å². The Morgan fingerprint density at radius 3 is 2.62 bits per heavy atom. The molecule has 0 radical (unpaired) electrons. The number of amides is 1. The predicted molar refractivity (Wildman–Crippen MR) is 146 cm³/mol. The average Bonchev–Trinajstić information content (AvgIpc) is 3.19. The minimum Gasteiger partial charge on any atom is -0.507 e. The third-order valence-electron chi connectivity index (χ3n) is 6.70. The summed E-state index contributed by atoms with van der Waals surface area (Å²) < 4.78 is 10.9. The van der Waals surface area contributed by atoms with Crippen molar-refractivity contribution in [1.29, 1.82) is 0 Å². The van der Waals surface area contributed by atoms with Crippen LogP contribution < -0.4 is 14.5 Å². The molecule has 2 aliphatic rings. The number of nitrogens with zero attached hydrogens (tertiary/aromatic N) is 3. The molecule has 200 valence electrons. The molecule has 2 aromatic carbocycles. The summed E-state index contributed by atoms with van der Waals surface area (Å²) in [5.74, 6) is -1.51. The number of carbonyl (C=O) groups excluding carboxylic acids is 3. The van der Waals surface area contributed by atoms with E-state index in [1.54, 1.807) is 80.8 Å². The van der Waals surface area contributed by atoms with E-state index >= 15 is 0 Å². The van der Waals surface area contributed by atoms with E-state index < -0.39 is 17.7 Å². The van der Waals surface area contributed by atoms with Gasteiger partial charge in [-0.2, -0.15) is 0 Å². The van der Waals surface area contributed by atoms with Crippen LogP contribution in [0.5, 0.6) is 5.75 Å². The van der Waals surface area contributed by atoms with E-state index in [0.717, 1.165) is 5.69 Å². The second kappa shape index (κ2) is 10.6. The summed E-state index contributed by atoms with van der Waals surface area (Å²) in [5.41, 5.74) is 2.88. The Morgan fingerprint density at radius 2 is 1.92 bits per heavy atom. The van der Waals surface area contributed by atoms with Crippen LogP contribution in [0, 0.1) is 0 Å². The summed E-state index contributed by atoms with van der Waals surface area (Å²) in [4.78, 5) is 46.5. The number of likely N-dealkylation sites (N-methyl/N-ethyl adjacent to an activating group) is 1. The number of aliphatic hydroxyl groups is 1. The standard InChI is InChI=1S/C30H29N3O6/c1-18(2)39-25(34)15-19-6-9-22(10-7-19)33-27(21-5-4-12-31-17-21)26(29(36)30(33)37)28(35)20-8-11-24-23(16-20)32(3)13-14-38-24/h4-12,16-18,27,35H,13-15H2,1-3H3/b28-26-. The number of carbonyl (C=O) groups is 3. The van der Waals surface area contributed by atoms with Crippen molar-refractivity contribution in [2.75, 3.05) is 30.0 Å². The Kier molecular flexibility index (Phi) is 7.06. The van der Waals surface area contributed by atoms with Gasteiger partial charge in [0.15, 0.2) is 0 Å². The van der Waals surface area contributed by atoms with Crippen LogP contribution in [0.2, 0.25) is 0 Å². The number of aliphatic hydroxyl groups excluding tert-OH is 1. The molecular formula is C30H29N3O6. The highest BCUT2D eigenvalue weighted by Gasteiger charge is 2.47. The van der Waals surface area contributed by atoms with Crippen LogP contribution in [0.4, 0.5) is 11.4 Å². The molecular weight excluding hydrogens is 498 g/mol. The van der Waals surface area contributed by atoms with E-state index in [2.05, 4.69) is 4.98 Å². The SMILES string of the molecule is CC(C)OC(=O)Cc1ccc(N2C(=O)C(=O)/C(=C(\O)c3ccc4c(c3)N(C)CCO4)C2c2cccnc2)cc1. The molecule has 9 heteroatoms. The highest BCUT2D eigenvalue weighted by Crippen LogP contribution is 2.43. The summed E-state index contributed by atoms with van der Waals surface area (Å²) in [6.45, 7) is 4.81. The molecule has 1 fully saturated rings. The third kappa shape index (κ3) is 5.07. The Balaban J connectivity index is 1.56. The lowest BCUT2D eigenvalue weighted by Crippen LogP contribution is -2.29. The topological polar surface area (TPSA) is 109 Å². The molecule has 0 aliphatic carbocycles. The Hall–Kier alpha value is -4.66. The number of ketones is 1. The summed E-state index contributed by atoms with van der Waals surface area (Å²) in [6.07, 6.45) is 3.03. The number of ether oxygens (including phenoxy) is 2. The maximum Gasteiger partial charge on any atom is 0.310 e. The van der Waals surface area contributed by atoms with Gasteiger partial charge in [0, 0.05) is 30.7 Å². The van der Waals surface area contributed by atoms with Crippen molar-refractivity contribution in [2.45, 2.75) is 32.4 Å². The first-order valence-corrected chi connectivity index (χ1v) is 12.7. The molecule has 0 saturated carbocycles. The number of esters is 1. The molecule has 1 unspecified atom stereocenters. The number of hydrogen-bond acceptors (Lipinski definition) is 8. The Bertz CT molecular complexity index is 1450. The van der Waals surface area contributed by atoms with Crippen molar-refractivity contribution in [3.63, 3.8) is 0 Å². The van der Waals surface area contributed by atoms with Gasteiger partial charge in [0.2, 0.25) is 0 Å². The zero-order valence-corrected chi connectivity index (χ0v) is 22.0. The number of aromatic nitrogens is 1. The number of Topliss-reactive ketones (excluding diaryl/α,β-unsaturated/α-hetero) is 1. The average molecular weight is 528 g/mol. The monoisotopic (exact) mass is 527 g/mol. The molecule has 9 nitrogen and oxygen atoms in total. The van der Waals surface area contributed by atoms with Crippen molar-refractivity contribution >= 4 is 34.8 Å². The molecule has 5 rings (SSSR count). The van der Waals surface area contributed by atoms with Crippen molar-refractivity contribution in [3.8, 4) is 5.75 Å². The molecule has 3 heterocycles. The second-order valence-electron chi connectivity index (χ2n) is 9.79. The fraction of sp³-hybridized carbons (Fsp3) is 0.267. The zero-order chi connectivity index (χ0) is 27.7. The minimum absolute atomic E-state index is 0.0306. The predicted octanol–water partition coefficient (Wildman–Crippen LogP) is 4.03. The fourth-order valence-corrected chi connectivity index (χ4v) is 4.85. The van der Waals surface area contributed by atoms with Gasteiger partial charge in [-0.25, -0.2) is 0 Å². The Morgan fingerprint density at radius 1 is 1.15 bits per heavy atom. The molecule has 1 amide bonds. The lowest BCUT2D eigenvalue weighted by atomic mass is 9.95. The molecule has 2 aliphatic heterocycles. The molecule has 0 spiro atoms. The zero-order valence-electron chi connectivity index (χ0n) is 22.0. The van der Waals surface area contributed by atoms with Crippen LogP contribution in [-0.2, 0) is 25.5 Å². The molecule has 39 heavy (non-hydrogen) atoms. The summed E-state index contributed by atoms with van der Waals surface area (Å²) >= 11 is 0. The summed E-state index contributed by atoms with van der Waals surface area (Å²) in [5, 5.41) is 11.5. The first kappa shape index (κ1) is 26.0. The molecule has 1 saturated heterocycles. The maximum absolute atomic E-state index is 13.4. The first-order chi connectivity index (χ1) is 18.7. The van der Waals surface area contributed by atoms with Crippen molar-refractivity contribution < 1.29 is 29.0 Å². The summed E-state index contributed by atoms with van der Waals surface area (Å²) in [6, 6.07) is 14.5. The van der Waals surface area contributed by atoms with Crippen molar-refractivity contribution in [2.24, 2.45) is 0 Å². The Labute approximate surface area is 226 Å². The summed E-state index contributed by atoms with van der Waals surface area (Å²) in [7, 11) is 1.92. The number of fused-ring (bicyclic) bond motifs is 1. The number of benzene rings is 2. The van der Waals surface area contributed by atoms with Gasteiger partial charge in [0.05, 0.1) is 36.4 Å².